The third-order valence-corrected chi connectivity index (χ3v) is 10.6. The number of amides is 6. The molecule has 6 amide bonds. The molecule has 1 aromatic heterocycles. The van der Waals surface area contributed by atoms with Gasteiger partial charge in [-0.2, -0.15) is 12.6 Å². The van der Waals surface area contributed by atoms with Crippen molar-refractivity contribution in [1.82, 2.24) is 42.2 Å². The van der Waals surface area contributed by atoms with Crippen LogP contribution in [0.4, 0.5) is 0 Å². The quantitative estimate of drug-likeness (QED) is 0.174. The number of benzene rings is 1. The lowest BCUT2D eigenvalue weighted by Gasteiger charge is -2.31. The van der Waals surface area contributed by atoms with Gasteiger partial charge in [-0.1, -0.05) is 94.4 Å². The smallest absolute Gasteiger partial charge is 0.243 e. The number of carbonyl (C=O) groups excluding carboxylic acids is 6. The van der Waals surface area contributed by atoms with Crippen molar-refractivity contribution in [1.29, 1.82) is 0 Å². The molecule has 0 bridgehead atoms. The number of H-pyrrole nitrogens is 1. The molecule has 0 spiro atoms. The van der Waals surface area contributed by atoms with E-state index in [9.17, 15) is 28.8 Å². The number of fused-ring (bicyclic) bond motifs is 1. The van der Waals surface area contributed by atoms with Gasteiger partial charge in [0, 0.05) is 41.4 Å². The Morgan fingerprint density at radius 3 is 1.55 bits per heavy atom. The number of hydrogen-bond donors (Lipinski definition) is 9. The van der Waals surface area contributed by atoms with Crippen LogP contribution in [0.3, 0.4) is 0 Å². The Labute approximate surface area is 337 Å². The van der Waals surface area contributed by atoms with Crippen LogP contribution in [0.2, 0.25) is 0 Å². The van der Waals surface area contributed by atoms with E-state index >= 15 is 0 Å². The molecule has 2 aromatic rings. The van der Waals surface area contributed by atoms with Gasteiger partial charge in [0.1, 0.15) is 30.2 Å². The fraction of sp³-hybridized carbons (Fsp3) is 0.659. The maximum Gasteiger partial charge on any atom is 0.243 e. The van der Waals surface area contributed by atoms with Gasteiger partial charge < -0.3 is 42.2 Å². The third kappa shape index (κ3) is 12.7. The van der Waals surface area contributed by atoms with Crippen molar-refractivity contribution in [3.63, 3.8) is 0 Å². The Bertz CT molecular complexity index is 1670. The van der Waals surface area contributed by atoms with Crippen molar-refractivity contribution in [2.75, 3.05) is 6.54 Å². The van der Waals surface area contributed by atoms with Gasteiger partial charge in [-0.05, 0) is 47.6 Å². The molecule has 312 valence electrons. The lowest BCUT2D eigenvalue weighted by atomic mass is 9.97. The van der Waals surface area contributed by atoms with E-state index in [0.717, 1.165) is 16.5 Å². The van der Waals surface area contributed by atoms with Crippen molar-refractivity contribution < 1.29 is 28.8 Å². The van der Waals surface area contributed by atoms with E-state index in [2.05, 4.69) is 54.8 Å². The third-order valence-electron chi connectivity index (χ3n) is 10.3. The van der Waals surface area contributed by atoms with E-state index in [1.54, 1.807) is 40.8 Å². The topological polar surface area (TPSA) is 202 Å². The van der Waals surface area contributed by atoms with Gasteiger partial charge in [-0.3, -0.25) is 28.8 Å². The van der Waals surface area contributed by atoms with Crippen LogP contribution >= 0.6 is 12.6 Å². The number of carbonyl (C=O) groups is 6. The van der Waals surface area contributed by atoms with E-state index < -0.39 is 83.0 Å². The van der Waals surface area contributed by atoms with Crippen molar-refractivity contribution in [3.8, 4) is 0 Å². The van der Waals surface area contributed by atoms with Gasteiger partial charge in [0.05, 0.1) is 6.04 Å². The zero-order chi connectivity index (χ0) is 42.0. The van der Waals surface area contributed by atoms with E-state index in [4.69, 9.17) is 0 Å². The first-order valence-electron chi connectivity index (χ1n) is 20.0. The summed E-state index contributed by atoms with van der Waals surface area (Å²) in [7, 11) is 0. The van der Waals surface area contributed by atoms with Crippen LogP contribution in [0.1, 0.15) is 88.1 Å². The van der Waals surface area contributed by atoms with Crippen LogP contribution in [0.5, 0.6) is 0 Å². The van der Waals surface area contributed by atoms with Gasteiger partial charge in [0.15, 0.2) is 0 Å². The van der Waals surface area contributed by atoms with Gasteiger partial charge in [0.25, 0.3) is 0 Å². The van der Waals surface area contributed by atoms with Crippen LogP contribution in [-0.2, 0) is 35.2 Å². The van der Waals surface area contributed by atoms with Crippen molar-refractivity contribution in [2.45, 2.75) is 137 Å². The monoisotopic (exact) mass is 798 g/mol. The molecular weight excluding hydrogens is 733 g/mol. The zero-order valence-electron chi connectivity index (χ0n) is 34.9. The normalized spacial score (nSPS) is 26.4. The Kier molecular flexibility index (Phi) is 17.3. The summed E-state index contributed by atoms with van der Waals surface area (Å²) >= 11 is 4.60. The van der Waals surface area contributed by atoms with Crippen molar-refractivity contribution >= 4 is 59.0 Å². The van der Waals surface area contributed by atoms with Gasteiger partial charge in [-0.25, -0.2) is 0 Å². The standard InChI is InChI=1S/C41H66N8O6S/c1-20(2)16-29-37(51)47-34(24(9)10)40(54)48-33(23(7)8)39(53)46-31(21(3)4)19-43-35(25(11)56)41(55)49-32(22(5)6)38(52)45-30(36(50)44-29)17-26-18-42-28-15-13-12-14-27(26)28/h12-15,18,20-25,29-35,42-43,56H,16-17,19H2,1-11H3,(H,44,50)(H,45,52)(H,46,53)(H,47,51)(H,48,54)(H,49,55)/t25?,29-,30+,31-,32-,33-,34+,35+/m1/s1. The average Bonchev–Trinajstić information content (AvgIpc) is 3.51. The Balaban J connectivity index is 2.13. The highest BCUT2D eigenvalue weighted by molar-refractivity contribution is 7.81. The molecule has 1 unspecified atom stereocenters. The molecule has 0 radical (unpaired) electrons. The molecule has 1 aliphatic heterocycles. The largest absolute Gasteiger partial charge is 0.361 e. The van der Waals surface area contributed by atoms with Gasteiger partial charge in [-0.15, -0.1) is 0 Å². The molecule has 56 heavy (non-hydrogen) atoms. The first-order chi connectivity index (χ1) is 26.2. The minimum absolute atomic E-state index is 0.0345. The van der Waals surface area contributed by atoms with Crippen LogP contribution in [0.25, 0.3) is 10.9 Å². The van der Waals surface area contributed by atoms with Gasteiger partial charge >= 0.3 is 0 Å². The maximum absolute atomic E-state index is 14.3. The lowest BCUT2D eigenvalue weighted by Crippen LogP contribution is -2.61. The number of rotatable bonds is 9. The fourth-order valence-corrected chi connectivity index (χ4v) is 7.01. The van der Waals surface area contributed by atoms with E-state index in [0.29, 0.717) is 0 Å². The first kappa shape index (κ1) is 46.3. The predicted octanol–water partition coefficient (Wildman–Crippen LogP) is 2.58. The Hall–Kier alpha value is -4.11. The molecule has 15 heteroatoms. The second-order valence-electron chi connectivity index (χ2n) is 17.0. The molecule has 1 fully saturated rings. The summed E-state index contributed by atoms with van der Waals surface area (Å²) in [5, 5.41) is 21.1. The summed E-state index contributed by atoms with van der Waals surface area (Å²) in [5.41, 5.74) is 1.63. The summed E-state index contributed by atoms with van der Waals surface area (Å²) < 4.78 is 0. The van der Waals surface area contributed by atoms with Crippen LogP contribution in [-0.4, -0.2) is 94.5 Å². The zero-order valence-corrected chi connectivity index (χ0v) is 35.8. The number of para-hydroxylation sites is 1. The Morgan fingerprint density at radius 2 is 1.04 bits per heavy atom. The van der Waals surface area contributed by atoms with Crippen LogP contribution < -0.4 is 37.2 Å². The highest BCUT2D eigenvalue weighted by Crippen LogP contribution is 2.20. The molecule has 8 atom stereocenters. The molecule has 0 aliphatic carbocycles. The van der Waals surface area contributed by atoms with E-state index in [-0.39, 0.29) is 49.0 Å². The molecule has 8 N–H and O–H groups in total. The molecule has 1 aliphatic rings. The summed E-state index contributed by atoms with van der Waals surface area (Å²) in [6.07, 6.45) is 2.11. The fourth-order valence-electron chi connectivity index (χ4n) is 6.77. The molecule has 1 aromatic carbocycles. The van der Waals surface area contributed by atoms with E-state index in [1.807, 2.05) is 65.8 Å². The molecule has 1 saturated heterocycles. The SMILES string of the molecule is CC(C)C[C@H]1NC(=O)[C@H](Cc2c[nH]c3ccccc23)NC(=O)[C@@H](C(C)C)NC(=O)[C@H](C(C)S)NC[C@H](C(C)C)NC(=O)[C@@H](C(C)C)NC(=O)[C@H](C(C)C)NC1=O. The number of hydrogen-bond acceptors (Lipinski definition) is 8. The minimum Gasteiger partial charge on any atom is -0.361 e. The van der Waals surface area contributed by atoms with Crippen molar-refractivity contribution in [2.24, 2.45) is 29.6 Å². The summed E-state index contributed by atoms with van der Waals surface area (Å²) in [6, 6.07) is 1.11. The maximum atomic E-state index is 14.3. The molecule has 2 heterocycles. The molecule has 0 saturated carbocycles. The number of thiol groups is 1. The van der Waals surface area contributed by atoms with Crippen LogP contribution in [0.15, 0.2) is 30.5 Å². The summed E-state index contributed by atoms with van der Waals surface area (Å²) in [5.74, 6) is -4.30. The predicted molar refractivity (Wildman–Crippen MR) is 223 cm³/mol. The minimum atomic E-state index is -1.14. The average molecular weight is 799 g/mol. The number of nitrogens with one attached hydrogen (secondary N) is 8. The molecule has 3 rings (SSSR count). The lowest BCUT2D eigenvalue weighted by molar-refractivity contribution is -0.136. The molecule has 14 nitrogen and oxygen atoms in total. The second-order valence-corrected chi connectivity index (χ2v) is 17.8. The van der Waals surface area contributed by atoms with Crippen molar-refractivity contribution in [3.05, 3.63) is 36.0 Å². The van der Waals surface area contributed by atoms with Crippen LogP contribution in [0, 0.1) is 29.6 Å². The summed E-state index contributed by atoms with van der Waals surface area (Å²) in [4.78, 5) is 87.3. The van der Waals surface area contributed by atoms with Gasteiger partial charge in [0.2, 0.25) is 35.4 Å². The second kappa shape index (κ2) is 20.9. The highest BCUT2D eigenvalue weighted by atomic mass is 32.1. The number of aromatic nitrogens is 1. The first-order valence-corrected chi connectivity index (χ1v) is 20.5. The van der Waals surface area contributed by atoms with E-state index in [1.165, 1.54) is 0 Å². The highest BCUT2D eigenvalue weighted by Gasteiger charge is 2.37. The summed E-state index contributed by atoms with van der Waals surface area (Å²) in [6.45, 7) is 20.5. The Morgan fingerprint density at radius 1 is 0.571 bits per heavy atom. The molecular formula is C41H66N8O6S. The number of aromatic amines is 1.